The van der Waals surface area contributed by atoms with Gasteiger partial charge < -0.3 is 10.1 Å². The average molecular weight is 338 g/mol. The maximum Gasteiger partial charge on any atom is 0.255 e. The molecule has 0 radical (unpaired) electrons. The number of hydrogen-bond donors (Lipinski definition) is 1. The molecule has 1 aliphatic heterocycles. The number of carbonyl (C=O) groups is 1. The molecule has 4 nitrogen and oxygen atoms in total. The Labute approximate surface area is 149 Å². The van der Waals surface area contributed by atoms with E-state index in [1.165, 1.54) is 31.5 Å². The van der Waals surface area contributed by atoms with Crippen molar-refractivity contribution in [2.45, 2.75) is 26.3 Å². The molecule has 0 spiro atoms. The first-order chi connectivity index (χ1) is 12.1. The van der Waals surface area contributed by atoms with E-state index < -0.39 is 0 Å². The molecule has 1 fully saturated rings. The van der Waals surface area contributed by atoms with Crippen LogP contribution in [-0.2, 0) is 6.54 Å². The van der Waals surface area contributed by atoms with Gasteiger partial charge in [0.1, 0.15) is 5.75 Å². The number of likely N-dealkylation sites (tertiary alicyclic amines) is 1. The highest BCUT2D eigenvalue weighted by molar-refractivity contribution is 6.04. The summed E-state index contributed by atoms with van der Waals surface area (Å²) >= 11 is 0. The lowest BCUT2D eigenvalue weighted by Crippen LogP contribution is -2.32. The van der Waals surface area contributed by atoms with E-state index in [2.05, 4.69) is 29.3 Å². The topological polar surface area (TPSA) is 41.6 Å². The fourth-order valence-corrected chi connectivity index (χ4v) is 3.14. The Morgan fingerprint density at radius 1 is 1.16 bits per heavy atom. The third-order valence-electron chi connectivity index (χ3n) is 4.83. The van der Waals surface area contributed by atoms with Crippen molar-refractivity contribution in [3.63, 3.8) is 0 Å². The smallest absolute Gasteiger partial charge is 0.255 e. The SMILES string of the molecule is COc1cccc(C(=O)Nc2ccc(CN3CCC(C)CC3)cc2)c1. The van der Waals surface area contributed by atoms with E-state index in [0.717, 1.165) is 18.2 Å². The van der Waals surface area contributed by atoms with Gasteiger partial charge in [0.2, 0.25) is 0 Å². The van der Waals surface area contributed by atoms with E-state index in [1.807, 2.05) is 24.3 Å². The second-order valence-corrected chi connectivity index (χ2v) is 6.84. The molecule has 132 valence electrons. The van der Waals surface area contributed by atoms with E-state index >= 15 is 0 Å². The molecule has 2 aromatic rings. The first-order valence-corrected chi connectivity index (χ1v) is 8.91. The maximum atomic E-state index is 12.3. The first kappa shape index (κ1) is 17.5. The van der Waals surface area contributed by atoms with Crippen LogP contribution in [0.3, 0.4) is 0 Å². The summed E-state index contributed by atoms with van der Waals surface area (Å²) in [4.78, 5) is 14.8. The van der Waals surface area contributed by atoms with Crippen molar-refractivity contribution in [3.8, 4) is 5.75 Å². The third-order valence-corrected chi connectivity index (χ3v) is 4.83. The number of nitrogens with one attached hydrogen (secondary N) is 1. The van der Waals surface area contributed by atoms with Crippen LogP contribution >= 0.6 is 0 Å². The standard InChI is InChI=1S/C21H26N2O2/c1-16-10-12-23(13-11-16)15-17-6-8-19(9-7-17)22-21(24)18-4-3-5-20(14-18)25-2/h3-9,14,16H,10-13,15H2,1-2H3,(H,22,24). The molecule has 25 heavy (non-hydrogen) atoms. The fourth-order valence-electron chi connectivity index (χ4n) is 3.14. The Hall–Kier alpha value is -2.33. The van der Waals surface area contributed by atoms with Crippen LogP contribution in [-0.4, -0.2) is 31.0 Å². The Bertz CT molecular complexity index is 704. The van der Waals surface area contributed by atoms with Crippen LogP contribution in [0, 0.1) is 5.92 Å². The van der Waals surface area contributed by atoms with Crippen molar-refractivity contribution < 1.29 is 9.53 Å². The Morgan fingerprint density at radius 3 is 2.56 bits per heavy atom. The average Bonchev–Trinajstić information content (AvgIpc) is 2.65. The van der Waals surface area contributed by atoms with E-state index in [1.54, 1.807) is 19.2 Å². The zero-order valence-corrected chi connectivity index (χ0v) is 15.0. The molecular weight excluding hydrogens is 312 g/mol. The molecule has 0 aliphatic carbocycles. The molecule has 0 saturated carbocycles. The molecule has 4 heteroatoms. The predicted molar refractivity (Wildman–Crippen MR) is 101 cm³/mol. The van der Waals surface area contributed by atoms with Gasteiger partial charge in [0, 0.05) is 17.8 Å². The van der Waals surface area contributed by atoms with Crippen molar-refractivity contribution in [1.29, 1.82) is 0 Å². The zero-order valence-electron chi connectivity index (χ0n) is 15.0. The minimum atomic E-state index is -0.128. The molecule has 3 rings (SSSR count). The fraction of sp³-hybridized carbons (Fsp3) is 0.381. The van der Waals surface area contributed by atoms with Crippen LogP contribution in [0.5, 0.6) is 5.75 Å². The highest BCUT2D eigenvalue weighted by Crippen LogP contribution is 2.19. The molecule has 1 N–H and O–H groups in total. The molecule has 0 unspecified atom stereocenters. The van der Waals surface area contributed by atoms with Crippen LogP contribution in [0.15, 0.2) is 48.5 Å². The summed E-state index contributed by atoms with van der Waals surface area (Å²) in [6.07, 6.45) is 2.57. The van der Waals surface area contributed by atoms with Gasteiger partial charge in [-0.1, -0.05) is 25.1 Å². The van der Waals surface area contributed by atoms with Gasteiger partial charge in [-0.15, -0.1) is 0 Å². The van der Waals surface area contributed by atoms with Crippen LogP contribution in [0.1, 0.15) is 35.7 Å². The number of methoxy groups -OCH3 is 1. The van der Waals surface area contributed by atoms with Crippen molar-refractivity contribution in [2.24, 2.45) is 5.92 Å². The van der Waals surface area contributed by atoms with Gasteiger partial charge in [-0.25, -0.2) is 0 Å². The monoisotopic (exact) mass is 338 g/mol. The number of ether oxygens (including phenoxy) is 1. The molecule has 0 bridgehead atoms. The summed E-state index contributed by atoms with van der Waals surface area (Å²) in [6.45, 7) is 5.67. The van der Waals surface area contributed by atoms with Crippen LogP contribution < -0.4 is 10.1 Å². The summed E-state index contributed by atoms with van der Waals surface area (Å²) in [7, 11) is 1.60. The van der Waals surface area contributed by atoms with Gasteiger partial charge in [-0.3, -0.25) is 9.69 Å². The minimum Gasteiger partial charge on any atom is -0.497 e. The Balaban J connectivity index is 1.57. The van der Waals surface area contributed by atoms with E-state index in [0.29, 0.717) is 11.3 Å². The second-order valence-electron chi connectivity index (χ2n) is 6.84. The number of nitrogens with zero attached hydrogens (tertiary/aromatic N) is 1. The Morgan fingerprint density at radius 2 is 1.88 bits per heavy atom. The summed E-state index contributed by atoms with van der Waals surface area (Å²) < 4.78 is 5.17. The molecule has 1 aliphatic rings. The lowest BCUT2D eigenvalue weighted by Gasteiger charge is -2.30. The van der Waals surface area contributed by atoms with Crippen molar-refractivity contribution >= 4 is 11.6 Å². The van der Waals surface area contributed by atoms with Gasteiger partial charge in [-0.2, -0.15) is 0 Å². The zero-order chi connectivity index (χ0) is 17.6. The van der Waals surface area contributed by atoms with Crippen LogP contribution in [0.2, 0.25) is 0 Å². The molecule has 0 aromatic heterocycles. The van der Waals surface area contributed by atoms with Crippen LogP contribution in [0.25, 0.3) is 0 Å². The number of anilines is 1. The van der Waals surface area contributed by atoms with Crippen molar-refractivity contribution in [2.75, 3.05) is 25.5 Å². The lowest BCUT2D eigenvalue weighted by atomic mass is 9.99. The van der Waals surface area contributed by atoms with Crippen molar-refractivity contribution in [3.05, 3.63) is 59.7 Å². The van der Waals surface area contributed by atoms with E-state index in [9.17, 15) is 4.79 Å². The number of carbonyl (C=O) groups excluding carboxylic acids is 1. The molecule has 1 heterocycles. The Kier molecular flexibility index (Phi) is 5.71. The van der Waals surface area contributed by atoms with Crippen molar-refractivity contribution in [1.82, 2.24) is 4.90 Å². The quantitative estimate of drug-likeness (QED) is 0.889. The van der Waals surface area contributed by atoms with Gasteiger partial charge in [0.05, 0.1) is 7.11 Å². The van der Waals surface area contributed by atoms with Gasteiger partial charge in [-0.05, 0) is 67.7 Å². The van der Waals surface area contributed by atoms with Gasteiger partial charge >= 0.3 is 0 Å². The van der Waals surface area contributed by atoms with E-state index in [-0.39, 0.29) is 5.91 Å². The molecule has 2 aromatic carbocycles. The number of benzene rings is 2. The summed E-state index contributed by atoms with van der Waals surface area (Å²) in [5.74, 6) is 1.40. The molecule has 1 saturated heterocycles. The van der Waals surface area contributed by atoms with Gasteiger partial charge in [0.25, 0.3) is 5.91 Å². The minimum absolute atomic E-state index is 0.128. The number of rotatable bonds is 5. The number of piperidine rings is 1. The number of amides is 1. The first-order valence-electron chi connectivity index (χ1n) is 8.91. The second kappa shape index (κ2) is 8.17. The molecular formula is C21H26N2O2. The molecule has 0 atom stereocenters. The summed E-state index contributed by atoms with van der Waals surface area (Å²) in [5.41, 5.74) is 2.68. The predicted octanol–water partition coefficient (Wildman–Crippen LogP) is 4.18. The third kappa shape index (κ3) is 4.83. The normalized spacial score (nSPS) is 15.8. The van der Waals surface area contributed by atoms with Gasteiger partial charge in [0.15, 0.2) is 0 Å². The highest BCUT2D eigenvalue weighted by Gasteiger charge is 2.15. The highest BCUT2D eigenvalue weighted by atomic mass is 16.5. The van der Waals surface area contributed by atoms with Crippen LogP contribution in [0.4, 0.5) is 5.69 Å². The largest absolute Gasteiger partial charge is 0.497 e. The number of hydrogen-bond acceptors (Lipinski definition) is 3. The summed E-state index contributed by atoms with van der Waals surface area (Å²) in [6, 6.07) is 15.3. The summed E-state index contributed by atoms with van der Waals surface area (Å²) in [5, 5.41) is 2.94. The van der Waals surface area contributed by atoms with E-state index in [4.69, 9.17) is 4.74 Å². The maximum absolute atomic E-state index is 12.3. The molecule has 1 amide bonds. The lowest BCUT2D eigenvalue weighted by molar-refractivity contribution is 0.102.